The van der Waals surface area contributed by atoms with Gasteiger partial charge in [0.2, 0.25) is 5.91 Å². The molecule has 0 bridgehead atoms. The lowest BCUT2D eigenvalue weighted by Gasteiger charge is -2.21. The Morgan fingerprint density at radius 3 is 2.57 bits per heavy atom. The number of hydrogen-bond donors (Lipinski definition) is 0. The number of thiophene rings is 1. The second-order valence-electron chi connectivity index (χ2n) is 5.18. The molecule has 0 atom stereocenters. The molecule has 2 rings (SSSR count). The van der Waals surface area contributed by atoms with Gasteiger partial charge in [0.15, 0.2) is 11.5 Å². The molecule has 0 radical (unpaired) electrons. The number of methoxy groups -OCH3 is 2. The van der Waals surface area contributed by atoms with Crippen LogP contribution in [0.2, 0.25) is 0 Å². The molecule has 23 heavy (non-hydrogen) atoms. The average Bonchev–Trinajstić information content (AvgIpc) is 3.10. The van der Waals surface area contributed by atoms with Gasteiger partial charge < -0.3 is 14.4 Å². The van der Waals surface area contributed by atoms with Crippen molar-refractivity contribution < 1.29 is 14.3 Å². The number of amides is 1. The third kappa shape index (κ3) is 4.73. The van der Waals surface area contributed by atoms with Gasteiger partial charge in [0, 0.05) is 24.4 Å². The van der Waals surface area contributed by atoms with E-state index < -0.39 is 0 Å². The summed E-state index contributed by atoms with van der Waals surface area (Å²) in [5, 5.41) is 2.04. The maximum atomic E-state index is 12.4. The van der Waals surface area contributed by atoms with Crippen molar-refractivity contribution in [3.8, 4) is 11.5 Å². The molecule has 124 valence electrons. The highest BCUT2D eigenvalue weighted by molar-refractivity contribution is 7.09. The van der Waals surface area contributed by atoms with E-state index in [-0.39, 0.29) is 5.91 Å². The van der Waals surface area contributed by atoms with Gasteiger partial charge in [-0.25, -0.2) is 0 Å². The fraction of sp³-hybridized carbons (Fsp3) is 0.389. The van der Waals surface area contributed by atoms with Crippen LogP contribution >= 0.6 is 11.3 Å². The van der Waals surface area contributed by atoms with Gasteiger partial charge in [-0.05, 0) is 42.5 Å². The van der Waals surface area contributed by atoms with E-state index in [0.29, 0.717) is 31.0 Å². The minimum Gasteiger partial charge on any atom is -0.493 e. The van der Waals surface area contributed by atoms with Gasteiger partial charge >= 0.3 is 0 Å². The number of nitrogens with zero attached hydrogens (tertiary/aromatic N) is 1. The highest BCUT2D eigenvalue weighted by atomic mass is 32.1. The van der Waals surface area contributed by atoms with Crippen molar-refractivity contribution in [3.05, 3.63) is 46.2 Å². The molecule has 0 saturated carbocycles. The summed E-state index contributed by atoms with van der Waals surface area (Å²) in [5.41, 5.74) is 1.04. The molecule has 1 amide bonds. The van der Waals surface area contributed by atoms with Crippen LogP contribution in [0, 0.1) is 0 Å². The predicted molar refractivity (Wildman–Crippen MR) is 93.3 cm³/mol. The summed E-state index contributed by atoms with van der Waals surface area (Å²) >= 11 is 1.70. The van der Waals surface area contributed by atoms with Crippen LogP contribution in [0.25, 0.3) is 0 Å². The maximum Gasteiger partial charge on any atom is 0.223 e. The first kappa shape index (κ1) is 17.3. The highest BCUT2D eigenvalue weighted by Gasteiger charge is 2.14. The Labute approximate surface area is 141 Å². The summed E-state index contributed by atoms with van der Waals surface area (Å²) in [6.45, 7) is 3.28. The summed E-state index contributed by atoms with van der Waals surface area (Å²) in [4.78, 5) is 15.5. The third-order valence-corrected chi connectivity index (χ3v) is 4.66. The lowest BCUT2D eigenvalue weighted by molar-refractivity contribution is -0.131. The Morgan fingerprint density at radius 2 is 1.96 bits per heavy atom. The summed E-state index contributed by atoms with van der Waals surface area (Å²) in [6.07, 6.45) is 1.35. The highest BCUT2D eigenvalue weighted by Crippen LogP contribution is 2.28. The quantitative estimate of drug-likeness (QED) is 0.738. The first-order valence-corrected chi connectivity index (χ1v) is 8.57. The molecule has 5 heteroatoms. The molecule has 1 aromatic heterocycles. The van der Waals surface area contributed by atoms with Gasteiger partial charge in [-0.1, -0.05) is 12.1 Å². The first-order valence-electron chi connectivity index (χ1n) is 7.69. The standard InChI is InChI=1S/C18H23NO3S/c1-4-19(18(20)10-8-15-6-5-11-23-15)13-14-7-9-16(21-2)17(12-14)22-3/h5-7,9,11-12H,4,8,10,13H2,1-3H3. The molecule has 0 aliphatic heterocycles. The fourth-order valence-corrected chi connectivity index (χ4v) is 3.13. The molecule has 4 nitrogen and oxygen atoms in total. The Balaban J connectivity index is 1.99. The molecule has 1 aromatic carbocycles. The first-order chi connectivity index (χ1) is 11.2. The predicted octanol–water partition coefficient (Wildman–Crippen LogP) is 3.75. The van der Waals surface area contributed by atoms with Crippen molar-refractivity contribution in [1.82, 2.24) is 4.90 Å². The van der Waals surface area contributed by atoms with E-state index >= 15 is 0 Å². The van der Waals surface area contributed by atoms with Crippen molar-refractivity contribution in [2.45, 2.75) is 26.3 Å². The van der Waals surface area contributed by atoms with E-state index in [2.05, 4.69) is 6.07 Å². The van der Waals surface area contributed by atoms with Crippen molar-refractivity contribution in [2.75, 3.05) is 20.8 Å². The molecule has 2 aromatic rings. The molecule has 1 heterocycles. The molecular formula is C18H23NO3S. The van der Waals surface area contributed by atoms with Gasteiger partial charge in [0.1, 0.15) is 0 Å². The zero-order valence-electron chi connectivity index (χ0n) is 13.9. The van der Waals surface area contributed by atoms with E-state index in [0.717, 1.165) is 12.0 Å². The van der Waals surface area contributed by atoms with Crippen molar-refractivity contribution in [2.24, 2.45) is 0 Å². The van der Waals surface area contributed by atoms with Crippen molar-refractivity contribution in [1.29, 1.82) is 0 Å². The normalized spacial score (nSPS) is 10.4. The van der Waals surface area contributed by atoms with Gasteiger partial charge in [-0.3, -0.25) is 4.79 Å². The maximum absolute atomic E-state index is 12.4. The van der Waals surface area contributed by atoms with Crippen LogP contribution in [0.4, 0.5) is 0 Å². The van der Waals surface area contributed by atoms with Gasteiger partial charge in [0.05, 0.1) is 14.2 Å². The third-order valence-electron chi connectivity index (χ3n) is 3.72. The Morgan fingerprint density at radius 1 is 1.17 bits per heavy atom. The molecule has 0 fully saturated rings. The number of aryl methyl sites for hydroxylation is 1. The topological polar surface area (TPSA) is 38.8 Å². The van der Waals surface area contributed by atoms with Crippen LogP contribution in [0.5, 0.6) is 11.5 Å². The number of rotatable bonds is 8. The molecule has 0 aliphatic rings. The second-order valence-corrected chi connectivity index (χ2v) is 6.21. The van der Waals surface area contributed by atoms with Gasteiger partial charge in [-0.15, -0.1) is 11.3 Å². The fourth-order valence-electron chi connectivity index (χ4n) is 2.42. The zero-order chi connectivity index (χ0) is 16.7. The Hall–Kier alpha value is -2.01. The number of carbonyl (C=O) groups excluding carboxylic acids is 1. The number of hydrogen-bond acceptors (Lipinski definition) is 4. The minimum atomic E-state index is 0.177. The second kappa shape index (κ2) is 8.58. The summed E-state index contributed by atoms with van der Waals surface area (Å²) in [6, 6.07) is 9.86. The number of ether oxygens (including phenoxy) is 2. The van der Waals surface area contributed by atoms with E-state index in [1.54, 1.807) is 25.6 Å². The van der Waals surface area contributed by atoms with Gasteiger partial charge in [-0.2, -0.15) is 0 Å². The van der Waals surface area contributed by atoms with E-state index in [1.807, 2.05) is 41.5 Å². The van der Waals surface area contributed by atoms with Crippen LogP contribution in [-0.4, -0.2) is 31.6 Å². The van der Waals surface area contributed by atoms with Crippen LogP contribution in [-0.2, 0) is 17.8 Å². The molecule has 0 N–H and O–H groups in total. The largest absolute Gasteiger partial charge is 0.493 e. The molecule has 0 saturated heterocycles. The van der Waals surface area contributed by atoms with Gasteiger partial charge in [0.25, 0.3) is 0 Å². The summed E-state index contributed by atoms with van der Waals surface area (Å²) < 4.78 is 10.6. The van der Waals surface area contributed by atoms with Crippen LogP contribution < -0.4 is 9.47 Å². The van der Waals surface area contributed by atoms with Crippen LogP contribution in [0.15, 0.2) is 35.7 Å². The lowest BCUT2D eigenvalue weighted by Crippen LogP contribution is -2.30. The van der Waals surface area contributed by atoms with E-state index in [4.69, 9.17) is 9.47 Å². The molecule has 0 unspecified atom stereocenters. The average molecular weight is 333 g/mol. The smallest absolute Gasteiger partial charge is 0.223 e. The zero-order valence-corrected chi connectivity index (χ0v) is 14.7. The van der Waals surface area contributed by atoms with Crippen LogP contribution in [0.3, 0.4) is 0 Å². The lowest BCUT2D eigenvalue weighted by atomic mass is 10.1. The monoisotopic (exact) mass is 333 g/mol. The summed E-state index contributed by atoms with van der Waals surface area (Å²) in [7, 11) is 3.23. The van der Waals surface area contributed by atoms with Crippen molar-refractivity contribution >= 4 is 17.2 Å². The molecular weight excluding hydrogens is 310 g/mol. The molecule has 0 aliphatic carbocycles. The van der Waals surface area contributed by atoms with E-state index in [9.17, 15) is 4.79 Å². The Kier molecular flexibility index (Phi) is 6.47. The number of benzene rings is 1. The molecule has 0 spiro atoms. The van der Waals surface area contributed by atoms with E-state index in [1.165, 1.54) is 4.88 Å². The summed E-state index contributed by atoms with van der Waals surface area (Å²) in [5.74, 6) is 1.56. The minimum absolute atomic E-state index is 0.177. The van der Waals surface area contributed by atoms with Crippen molar-refractivity contribution in [3.63, 3.8) is 0 Å². The Bertz CT molecular complexity index is 625. The number of carbonyl (C=O) groups is 1. The SMILES string of the molecule is CCN(Cc1ccc(OC)c(OC)c1)C(=O)CCc1cccs1. The van der Waals surface area contributed by atoms with Crippen LogP contribution in [0.1, 0.15) is 23.8 Å².